The van der Waals surface area contributed by atoms with Crippen molar-refractivity contribution in [3.8, 4) is 0 Å². The number of benzene rings is 1. The van der Waals surface area contributed by atoms with E-state index in [4.69, 9.17) is 5.11 Å². The topological polar surface area (TPSA) is 80.2 Å². The second kappa shape index (κ2) is 6.03. The second-order valence-corrected chi connectivity index (χ2v) is 5.88. The summed E-state index contributed by atoms with van der Waals surface area (Å²) in [6, 6.07) is 7.10. The van der Waals surface area contributed by atoms with Crippen LogP contribution in [0.15, 0.2) is 46.2 Å². The predicted molar refractivity (Wildman–Crippen MR) is 73.2 cm³/mol. The van der Waals surface area contributed by atoms with Gasteiger partial charge in [-0.2, -0.15) is 0 Å². The van der Waals surface area contributed by atoms with Gasteiger partial charge in [-0.3, -0.25) is 4.21 Å². The largest absolute Gasteiger partial charge is 0.478 e. The van der Waals surface area contributed by atoms with Crippen molar-refractivity contribution in [3.05, 3.63) is 52.5 Å². The van der Waals surface area contributed by atoms with E-state index in [0.29, 0.717) is 4.90 Å². The molecule has 1 N–H and O–H groups in total. The highest BCUT2D eigenvalue weighted by molar-refractivity contribution is 9.10. The van der Waals surface area contributed by atoms with Gasteiger partial charge in [0.05, 0.1) is 27.1 Å². The Kier molecular flexibility index (Phi) is 4.39. The molecular formula is C12H9BrN2O3S. The van der Waals surface area contributed by atoms with E-state index >= 15 is 0 Å². The van der Waals surface area contributed by atoms with Crippen LogP contribution in [0, 0.1) is 0 Å². The lowest BCUT2D eigenvalue weighted by atomic mass is 10.2. The molecule has 1 atom stereocenters. The normalized spacial score (nSPS) is 12.1. The SMILES string of the molecule is O=C(O)c1cncnc1CS(=O)c1ccccc1Br. The fraction of sp³-hybridized carbons (Fsp3) is 0.0833. The number of hydrogen-bond donors (Lipinski definition) is 1. The highest BCUT2D eigenvalue weighted by Gasteiger charge is 2.16. The number of carbonyl (C=O) groups is 1. The van der Waals surface area contributed by atoms with Crippen LogP contribution in [-0.4, -0.2) is 25.3 Å². The summed E-state index contributed by atoms with van der Waals surface area (Å²) in [5.74, 6) is -1.09. The van der Waals surface area contributed by atoms with Gasteiger partial charge in [0.15, 0.2) is 0 Å². The fourth-order valence-electron chi connectivity index (χ4n) is 1.48. The van der Waals surface area contributed by atoms with Crippen LogP contribution >= 0.6 is 15.9 Å². The van der Waals surface area contributed by atoms with E-state index < -0.39 is 16.8 Å². The maximum atomic E-state index is 12.2. The van der Waals surface area contributed by atoms with Crippen molar-refractivity contribution in [1.29, 1.82) is 0 Å². The first-order chi connectivity index (χ1) is 9.09. The first kappa shape index (κ1) is 13.8. The summed E-state index contributed by atoms with van der Waals surface area (Å²) in [7, 11) is -1.37. The molecule has 0 amide bonds. The number of halogens is 1. The van der Waals surface area contributed by atoms with Gasteiger partial charge in [-0.05, 0) is 28.1 Å². The Morgan fingerprint density at radius 1 is 1.37 bits per heavy atom. The molecule has 0 aliphatic heterocycles. The third-order valence-electron chi connectivity index (χ3n) is 2.37. The van der Waals surface area contributed by atoms with Crippen LogP contribution in [0.25, 0.3) is 0 Å². The zero-order valence-corrected chi connectivity index (χ0v) is 12.0. The Bertz CT molecular complexity index is 648. The molecule has 1 aromatic heterocycles. The van der Waals surface area contributed by atoms with Crippen LogP contribution in [0.2, 0.25) is 0 Å². The van der Waals surface area contributed by atoms with Gasteiger partial charge >= 0.3 is 5.97 Å². The quantitative estimate of drug-likeness (QED) is 0.923. The highest BCUT2D eigenvalue weighted by Crippen LogP contribution is 2.22. The Morgan fingerprint density at radius 3 is 2.79 bits per heavy atom. The molecule has 0 saturated carbocycles. The van der Waals surface area contributed by atoms with Crippen LogP contribution in [0.1, 0.15) is 16.1 Å². The molecule has 1 unspecified atom stereocenters. The van der Waals surface area contributed by atoms with Crippen molar-refractivity contribution in [3.63, 3.8) is 0 Å². The number of aromatic nitrogens is 2. The molecule has 0 aliphatic rings. The summed E-state index contributed by atoms with van der Waals surface area (Å²) in [5, 5.41) is 9.02. The third kappa shape index (κ3) is 3.24. The van der Waals surface area contributed by atoms with Crippen molar-refractivity contribution >= 4 is 32.7 Å². The molecule has 2 rings (SSSR count). The van der Waals surface area contributed by atoms with E-state index in [1.54, 1.807) is 18.2 Å². The molecular weight excluding hydrogens is 332 g/mol. The van der Waals surface area contributed by atoms with Gasteiger partial charge in [-0.1, -0.05) is 12.1 Å². The molecule has 19 heavy (non-hydrogen) atoms. The van der Waals surface area contributed by atoms with E-state index in [1.807, 2.05) is 6.07 Å². The van der Waals surface area contributed by atoms with Gasteiger partial charge in [-0.15, -0.1) is 0 Å². The van der Waals surface area contributed by atoms with E-state index in [0.717, 1.165) is 4.47 Å². The maximum absolute atomic E-state index is 12.2. The average Bonchev–Trinajstić information content (AvgIpc) is 2.39. The van der Waals surface area contributed by atoms with Gasteiger partial charge in [-0.25, -0.2) is 14.8 Å². The molecule has 5 nitrogen and oxygen atoms in total. The molecule has 1 aromatic carbocycles. The first-order valence-electron chi connectivity index (χ1n) is 5.24. The zero-order chi connectivity index (χ0) is 13.8. The number of nitrogens with zero attached hydrogens (tertiary/aromatic N) is 2. The summed E-state index contributed by atoms with van der Waals surface area (Å²) < 4.78 is 13.0. The number of carboxylic acids is 1. The average molecular weight is 341 g/mol. The Hall–Kier alpha value is -1.60. The van der Waals surface area contributed by atoms with Gasteiger partial charge in [0.2, 0.25) is 0 Å². The molecule has 98 valence electrons. The fourth-order valence-corrected chi connectivity index (χ4v) is 3.46. The lowest BCUT2D eigenvalue weighted by molar-refractivity contribution is 0.0695. The molecule has 0 saturated heterocycles. The Balaban J connectivity index is 2.30. The first-order valence-corrected chi connectivity index (χ1v) is 7.36. The van der Waals surface area contributed by atoms with Gasteiger partial charge in [0.25, 0.3) is 0 Å². The lowest BCUT2D eigenvalue weighted by Gasteiger charge is -2.06. The zero-order valence-electron chi connectivity index (χ0n) is 9.62. The van der Waals surface area contributed by atoms with Crippen molar-refractivity contribution in [2.75, 3.05) is 0 Å². The van der Waals surface area contributed by atoms with Crippen LogP contribution in [-0.2, 0) is 16.6 Å². The minimum Gasteiger partial charge on any atom is -0.478 e. The van der Waals surface area contributed by atoms with E-state index in [9.17, 15) is 9.00 Å². The summed E-state index contributed by atoms with van der Waals surface area (Å²) in [6.45, 7) is 0. The van der Waals surface area contributed by atoms with Crippen molar-refractivity contribution in [2.45, 2.75) is 10.6 Å². The summed E-state index contributed by atoms with van der Waals surface area (Å²) in [5.41, 5.74) is 0.236. The lowest BCUT2D eigenvalue weighted by Crippen LogP contribution is -2.08. The molecule has 0 radical (unpaired) electrons. The van der Waals surface area contributed by atoms with Crippen LogP contribution < -0.4 is 0 Å². The van der Waals surface area contributed by atoms with E-state index in [2.05, 4.69) is 25.9 Å². The maximum Gasteiger partial charge on any atom is 0.339 e. The van der Waals surface area contributed by atoms with Crippen molar-refractivity contribution < 1.29 is 14.1 Å². The highest BCUT2D eigenvalue weighted by atomic mass is 79.9. The third-order valence-corrected chi connectivity index (χ3v) is 4.71. The van der Waals surface area contributed by atoms with Gasteiger partial charge < -0.3 is 5.11 Å². The summed E-state index contributed by atoms with van der Waals surface area (Å²) in [4.78, 5) is 19.2. The van der Waals surface area contributed by atoms with Gasteiger partial charge in [0.1, 0.15) is 11.9 Å². The summed E-state index contributed by atoms with van der Waals surface area (Å²) >= 11 is 3.32. The van der Waals surface area contributed by atoms with E-state index in [-0.39, 0.29) is 17.0 Å². The molecule has 2 aromatic rings. The molecule has 1 heterocycles. The minimum absolute atomic E-state index is 0.0251. The Labute approximate surface area is 120 Å². The van der Waals surface area contributed by atoms with Crippen LogP contribution in [0.3, 0.4) is 0 Å². The summed E-state index contributed by atoms with van der Waals surface area (Å²) in [6.07, 6.45) is 2.46. The Morgan fingerprint density at radius 2 is 2.11 bits per heavy atom. The van der Waals surface area contributed by atoms with Crippen LogP contribution in [0.4, 0.5) is 0 Å². The van der Waals surface area contributed by atoms with Crippen LogP contribution in [0.5, 0.6) is 0 Å². The van der Waals surface area contributed by atoms with Crippen molar-refractivity contribution in [2.24, 2.45) is 0 Å². The number of carboxylic acid groups (broad SMARTS) is 1. The molecule has 0 spiro atoms. The molecule has 0 aliphatic carbocycles. The molecule has 0 bridgehead atoms. The number of aromatic carboxylic acids is 1. The standard InChI is InChI=1S/C12H9BrN2O3S/c13-9-3-1-2-4-11(9)19(18)6-10-8(12(16)17)5-14-7-15-10/h1-5,7H,6H2,(H,16,17). The molecule has 0 fully saturated rings. The second-order valence-electron chi connectivity index (χ2n) is 3.61. The smallest absolute Gasteiger partial charge is 0.339 e. The van der Waals surface area contributed by atoms with Gasteiger partial charge in [0, 0.05) is 10.7 Å². The molecule has 7 heteroatoms. The minimum atomic E-state index is -1.37. The number of rotatable bonds is 4. The predicted octanol–water partition coefficient (Wildman–Crippen LogP) is 2.25. The van der Waals surface area contributed by atoms with E-state index in [1.165, 1.54) is 12.5 Å². The number of hydrogen-bond acceptors (Lipinski definition) is 4. The van der Waals surface area contributed by atoms with Crippen molar-refractivity contribution in [1.82, 2.24) is 9.97 Å². The monoisotopic (exact) mass is 340 g/mol.